The standard InChI is InChI=1S/C8H7Br2F/c1-5-2-7(10)8(11)3-6(5)4-9/h2-3H,4H2,1H3. The van der Waals surface area contributed by atoms with Crippen LogP contribution in [0.1, 0.15) is 11.1 Å². The maximum Gasteiger partial charge on any atom is 0.137 e. The van der Waals surface area contributed by atoms with Crippen LogP contribution in [0.2, 0.25) is 0 Å². The lowest BCUT2D eigenvalue weighted by molar-refractivity contribution is 0.619. The molecule has 1 rings (SSSR count). The molecule has 0 nitrogen and oxygen atoms in total. The van der Waals surface area contributed by atoms with Crippen molar-refractivity contribution < 1.29 is 4.39 Å². The van der Waals surface area contributed by atoms with Crippen molar-refractivity contribution in [1.29, 1.82) is 0 Å². The van der Waals surface area contributed by atoms with Crippen LogP contribution in [0.25, 0.3) is 0 Å². The van der Waals surface area contributed by atoms with Crippen LogP contribution in [0.3, 0.4) is 0 Å². The Labute approximate surface area is 82.1 Å². The molecule has 0 fully saturated rings. The van der Waals surface area contributed by atoms with Crippen LogP contribution >= 0.6 is 31.9 Å². The fraction of sp³-hybridized carbons (Fsp3) is 0.250. The van der Waals surface area contributed by atoms with Crippen LogP contribution in [0.5, 0.6) is 0 Å². The zero-order valence-electron chi connectivity index (χ0n) is 6.00. The molecule has 0 aliphatic heterocycles. The van der Waals surface area contributed by atoms with Crippen molar-refractivity contribution in [3.63, 3.8) is 0 Å². The van der Waals surface area contributed by atoms with Crippen LogP contribution in [-0.4, -0.2) is 0 Å². The summed E-state index contributed by atoms with van der Waals surface area (Å²) >= 11 is 6.40. The van der Waals surface area contributed by atoms with Crippen LogP contribution < -0.4 is 0 Å². The zero-order valence-corrected chi connectivity index (χ0v) is 9.17. The maximum absolute atomic E-state index is 12.9. The Kier molecular flexibility index (Phi) is 3.07. The van der Waals surface area contributed by atoms with E-state index < -0.39 is 0 Å². The van der Waals surface area contributed by atoms with E-state index in [0.717, 1.165) is 11.1 Å². The summed E-state index contributed by atoms with van der Waals surface area (Å²) in [5.41, 5.74) is 2.08. The second-order valence-corrected chi connectivity index (χ2v) is 3.74. The molecule has 0 N–H and O–H groups in total. The predicted octanol–water partition coefficient (Wildman–Crippen LogP) is 3.79. The highest BCUT2D eigenvalue weighted by Gasteiger charge is 2.02. The first-order valence-electron chi connectivity index (χ1n) is 3.15. The third-order valence-electron chi connectivity index (χ3n) is 1.52. The lowest BCUT2D eigenvalue weighted by Gasteiger charge is -2.02. The van der Waals surface area contributed by atoms with Crippen molar-refractivity contribution in [2.75, 3.05) is 0 Å². The Morgan fingerprint density at radius 1 is 1.45 bits per heavy atom. The van der Waals surface area contributed by atoms with E-state index in [-0.39, 0.29) is 5.82 Å². The van der Waals surface area contributed by atoms with Crippen LogP contribution in [0.15, 0.2) is 16.6 Å². The molecular weight excluding hydrogens is 275 g/mol. The summed E-state index contributed by atoms with van der Waals surface area (Å²) in [6.45, 7) is 1.96. The number of benzene rings is 1. The van der Waals surface area contributed by atoms with Gasteiger partial charge in [0.2, 0.25) is 0 Å². The maximum atomic E-state index is 12.9. The van der Waals surface area contributed by atoms with Crippen molar-refractivity contribution in [3.8, 4) is 0 Å². The fourth-order valence-electron chi connectivity index (χ4n) is 0.831. The molecule has 0 spiro atoms. The third kappa shape index (κ3) is 2.03. The Morgan fingerprint density at radius 3 is 2.64 bits per heavy atom. The molecule has 0 heterocycles. The lowest BCUT2D eigenvalue weighted by Crippen LogP contribution is -1.87. The van der Waals surface area contributed by atoms with E-state index in [1.807, 2.05) is 6.92 Å². The first-order chi connectivity index (χ1) is 5.15. The van der Waals surface area contributed by atoms with Crippen molar-refractivity contribution in [3.05, 3.63) is 33.5 Å². The molecule has 3 heteroatoms. The molecule has 0 saturated heterocycles. The molecule has 11 heavy (non-hydrogen) atoms. The summed E-state index contributed by atoms with van der Waals surface area (Å²) in [7, 11) is 0. The molecule has 0 amide bonds. The minimum atomic E-state index is -0.204. The van der Waals surface area contributed by atoms with Crippen molar-refractivity contribution in [2.24, 2.45) is 0 Å². The predicted molar refractivity (Wildman–Crippen MR) is 51.5 cm³/mol. The zero-order chi connectivity index (χ0) is 8.43. The molecule has 0 aliphatic rings. The van der Waals surface area contributed by atoms with Crippen molar-refractivity contribution in [1.82, 2.24) is 0 Å². The van der Waals surface area contributed by atoms with Gasteiger partial charge < -0.3 is 0 Å². The number of hydrogen-bond acceptors (Lipinski definition) is 0. The summed E-state index contributed by atoms with van der Waals surface area (Å²) < 4.78 is 13.4. The Balaban J connectivity index is 3.21. The van der Waals surface area contributed by atoms with Gasteiger partial charge >= 0.3 is 0 Å². The van der Waals surface area contributed by atoms with Crippen LogP contribution in [0, 0.1) is 12.7 Å². The van der Waals surface area contributed by atoms with E-state index in [1.54, 1.807) is 6.07 Å². The molecule has 0 atom stereocenters. The van der Waals surface area contributed by atoms with Crippen molar-refractivity contribution in [2.45, 2.75) is 12.3 Å². The van der Waals surface area contributed by atoms with E-state index in [0.29, 0.717) is 9.80 Å². The average molecular weight is 282 g/mol. The normalized spacial score (nSPS) is 10.2. The topological polar surface area (TPSA) is 0 Å². The highest BCUT2D eigenvalue weighted by molar-refractivity contribution is 9.10. The second-order valence-electron chi connectivity index (χ2n) is 2.33. The van der Waals surface area contributed by atoms with Gasteiger partial charge in [0.25, 0.3) is 0 Å². The van der Waals surface area contributed by atoms with E-state index in [4.69, 9.17) is 0 Å². The Hall–Kier alpha value is 0.110. The lowest BCUT2D eigenvalue weighted by atomic mass is 10.1. The number of rotatable bonds is 1. The van der Waals surface area contributed by atoms with Gasteiger partial charge in [0.05, 0.1) is 4.47 Å². The molecule has 1 aromatic rings. The Morgan fingerprint density at radius 2 is 2.09 bits per heavy atom. The van der Waals surface area contributed by atoms with Gasteiger partial charge in [-0.2, -0.15) is 0 Å². The van der Waals surface area contributed by atoms with Gasteiger partial charge in [-0.3, -0.25) is 0 Å². The van der Waals surface area contributed by atoms with E-state index >= 15 is 0 Å². The third-order valence-corrected chi connectivity index (χ3v) is 2.73. The average Bonchev–Trinajstić information content (AvgIpc) is 1.97. The van der Waals surface area contributed by atoms with Crippen LogP contribution in [0.4, 0.5) is 4.39 Å². The van der Waals surface area contributed by atoms with E-state index in [9.17, 15) is 4.39 Å². The molecule has 0 radical (unpaired) electrons. The molecule has 0 aromatic heterocycles. The molecule has 60 valence electrons. The molecule has 0 bridgehead atoms. The highest BCUT2D eigenvalue weighted by Crippen LogP contribution is 2.21. The number of hydrogen-bond donors (Lipinski definition) is 0. The molecule has 0 saturated carbocycles. The van der Waals surface area contributed by atoms with Crippen molar-refractivity contribution >= 4 is 31.9 Å². The molecular formula is C8H7Br2F. The minimum Gasteiger partial charge on any atom is -0.206 e. The smallest absolute Gasteiger partial charge is 0.137 e. The van der Waals surface area contributed by atoms with Gasteiger partial charge in [-0.05, 0) is 46.1 Å². The highest BCUT2D eigenvalue weighted by atomic mass is 79.9. The summed E-state index contributed by atoms with van der Waals surface area (Å²) in [5.74, 6) is -0.204. The second kappa shape index (κ2) is 3.68. The summed E-state index contributed by atoms with van der Waals surface area (Å²) in [6, 6.07) is 3.32. The fourth-order valence-corrected chi connectivity index (χ4v) is 1.89. The summed E-state index contributed by atoms with van der Waals surface area (Å²) in [5, 5.41) is 0.697. The molecule has 0 unspecified atom stereocenters. The van der Waals surface area contributed by atoms with Gasteiger partial charge in [-0.1, -0.05) is 15.9 Å². The largest absolute Gasteiger partial charge is 0.206 e. The number of alkyl halides is 1. The van der Waals surface area contributed by atoms with Gasteiger partial charge in [0, 0.05) is 5.33 Å². The van der Waals surface area contributed by atoms with Crippen LogP contribution in [-0.2, 0) is 5.33 Å². The molecule has 0 aliphatic carbocycles. The number of aryl methyl sites for hydroxylation is 1. The minimum absolute atomic E-state index is 0.204. The van der Waals surface area contributed by atoms with Gasteiger partial charge in [0.15, 0.2) is 0 Å². The quantitative estimate of drug-likeness (QED) is 0.687. The summed E-state index contributed by atoms with van der Waals surface area (Å²) in [6.07, 6.45) is 0. The first kappa shape index (κ1) is 9.20. The SMILES string of the molecule is Cc1cc(Br)c(F)cc1CBr. The van der Waals surface area contributed by atoms with Gasteiger partial charge in [0.1, 0.15) is 5.82 Å². The van der Waals surface area contributed by atoms with Gasteiger partial charge in [-0.15, -0.1) is 0 Å². The monoisotopic (exact) mass is 280 g/mol. The Bertz CT molecular complexity index is 271. The summed E-state index contributed by atoms with van der Waals surface area (Å²) in [4.78, 5) is 0. The number of halogens is 3. The van der Waals surface area contributed by atoms with E-state index in [1.165, 1.54) is 6.07 Å². The first-order valence-corrected chi connectivity index (χ1v) is 5.07. The molecule has 1 aromatic carbocycles. The van der Waals surface area contributed by atoms with Gasteiger partial charge in [-0.25, -0.2) is 4.39 Å². The van der Waals surface area contributed by atoms with E-state index in [2.05, 4.69) is 31.9 Å².